The minimum Gasteiger partial charge on any atom is -0.380 e. The van der Waals surface area contributed by atoms with Gasteiger partial charge < -0.3 is 10.1 Å². The Morgan fingerprint density at radius 3 is 2.71 bits per heavy atom. The summed E-state index contributed by atoms with van der Waals surface area (Å²) in [6.45, 7) is 1.42. The van der Waals surface area contributed by atoms with E-state index in [1.54, 1.807) is 6.07 Å². The Morgan fingerprint density at radius 2 is 2.05 bits per heavy atom. The molecule has 1 atom stereocenters. The van der Waals surface area contributed by atoms with E-state index in [4.69, 9.17) is 4.74 Å². The van der Waals surface area contributed by atoms with E-state index in [9.17, 15) is 12.8 Å². The molecular formula is C14H19FN2O3S. The van der Waals surface area contributed by atoms with E-state index < -0.39 is 15.8 Å². The number of sulfonamides is 1. The largest absolute Gasteiger partial charge is 0.380 e. The molecular weight excluding hydrogens is 295 g/mol. The maximum atomic E-state index is 13.9. The van der Waals surface area contributed by atoms with Crippen LogP contribution in [0.5, 0.6) is 0 Å². The molecule has 1 saturated heterocycles. The Balaban J connectivity index is 1.76. The van der Waals surface area contributed by atoms with E-state index in [-0.39, 0.29) is 10.9 Å². The average molecular weight is 314 g/mol. The molecule has 1 aliphatic heterocycles. The van der Waals surface area contributed by atoms with Crippen LogP contribution in [-0.4, -0.2) is 33.7 Å². The normalized spacial score (nSPS) is 22.6. The molecule has 0 radical (unpaired) electrons. The van der Waals surface area contributed by atoms with Crippen molar-refractivity contribution >= 4 is 10.0 Å². The predicted octanol–water partition coefficient (Wildman–Crippen LogP) is 1.14. The molecule has 3 rings (SSSR count). The third-order valence-corrected chi connectivity index (χ3v) is 5.24. The topological polar surface area (TPSA) is 67.4 Å². The van der Waals surface area contributed by atoms with Gasteiger partial charge in [0.25, 0.3) is 0 Å². The first kappa shape index (κ1) is 14.9. The highest BCUT2D eigenvalue weighted by molar-refractivity contribution is 7.89. The second-order valence-corrected chi connectivity index (χ2v) is 7.28. The molecule has 2 N–H and O–H groups in total. The lowest BCUT2D eigenvalue weighted by atomic mass is 10.2. The summed E-state index contributed by atoms with van der Waals surface area (Å²) in [7, 11) is -3.85. The SMILES string of the molecule is O=S(=O)(NC1CCOC1)c1cc(CNC2CC2)ccc1F. The third kappa shape index (κ3) is 3.79. The minimum atomic E-state index is -3.85. The lowest BCUT2D eigenvalue weighted by molar-refractivity contribution is 0.192. The molecule has 0 bridgehead atoms. The van der Waals surface area contributed by atoms with Crippen molar-refractivity contribution in [2.24, 2.45) is 0 Å². The Bertz CT molecular complexity index is 611. The molecule has 1 aliphatic carbocycles. The third-order valence-electron chi connectivity index (χ3n) is 3.71. The number of hydrogen-bond acceptors (Lipinski definition) is 4. The maximum absolute atomic E-state index is 13.9. The van der Waals surface area contributed by atoms with Gasteiger partial charge in [-0.15, -0.1) is 0 Å². The van der Waals surface area contributed by atoms with Crippen LogP contribution in [0.4, 0.5) is 4.39 Å². The van der Waals surface area contributed by atoms with Crippen LogP contribution in [0.1, 0.15) is 24.8 Å². The highest BCUT2D eigenvalue weighted by Crippen LogP contribution is 2.21. The van der Waals surface area contributed by atoms with Gasteiger partial charge in [0.1, 0.15) is 10.7 Å². The summed E-state index contributed by atoms with van der Waals surface area (Å²) in [5.41, 5.74) is 0.770. The van der Waals surface area contributed by atoms with Crippen LogP contribution in [0.25, 0.3) is 0 Å². The highest BCUT2D eigenvalue weighted by Gasteiger charge is 2.26. The molecule has 1 saturated carbocycles. The van der Waals surface area contributed by atoms with Gasteiger partial charge in [0, 0.05) is 25.2 Å². The maximum Gasteiger partial charge on any atom is 0.243 e. The van der Waals surface area contributed by atoms with Crippen LogP contribution in [-0.2, 0) is 21.3 Å². The van der Waals surface area contributed by atoms with Crippen molar-refractivity contribution in [3.8, 4) is 0 Å². The van der Waals surface area contributed by atoms with Crippen molar-refractivity contribution in [2.75, 3.05) is 13.2 Å². The molecule has 116 valence electrons. The first-order valence-corrected chi connectivity index (χ1v) is 8.65. The fourth-order valence-corrected chi connectivity index (χ4v) is 3.71. The zero-order chi connectivity index (χ0) is 14.9. The van der Waals surface area contributed by atoms with E-state index in [0.29, 0.717) is 32.2 Å². The summed E-state index contributed by atoms with van der Waals surface area (Å²) in [5, 5.41) is 3.29. The zero-order valence-electron chi connectivity index (χ0n) is 11.6. The van der Waals surface area contributed by atoms with Crippen LogP contribution in [0.2, 0.25) is 0 Å². The van der Waals surface area contributed by atoms with Crippen molar-refractivity contribution in [1.29, 1.82) is 0 Å². The standard InChI is InChI=1S/C14H19FN2O3S/c15-13-4-1-10(8-16-11-2-3-11)7-14(13)21(18,19)17-12-5-6-20-9-12/h1,4,7,11-12,16-17H,2-3,5-6,8-9H2. The van der Waals surface area contributed by atoms with E-state index in [1.165, 1.54) is 12.1 Å². The van der Waals surface area contributed by atoms with Gasteiger partial charge in [-0.25, -0.2) is 17.5 Å². The van der Waals surface area contributed by atoms with Crippen molar-refractivity contribution in [3.63, 3.8) is 0 Å². The van der Waals surface area contributed by atoms with Gasteiger partial charge in [-0.05, 0) is 37.0 Å². The first-order valence-electron chi connectivity index (χ1n) is 7.16. The molecule has 2 fully saturated rings. The number of halogens is 1. The van der Waals surface area contributed by atoms with Gasteiger partial charge in [0.2, 0.25) is 10.0 Å². The molecule has 7 heteroatoms. The molecule has 1 aromatic carbocycles. The zero-order valence-corrected chi connectivity index (χ0v) is 12.5. The van der Waals surface area contributed by atoms with E-state index >= 15 is 0 Å². The quantitative estimate of drug-likeness (QED) is 0.826. The fraction of sp³-hybridized carbons (Fsp3) is 0.571. The Kier molecular flexibility index (Phi) is 4.26. The molecule has 1 unspecified atom stereocenters. The molecule has 2 aliphatic rings. The van der Waals surface area contributed by atoms with Gasteiger partial charge in [-0.1, -0.05) is 6.07 Å². The molecule has 1 heterocycles. The lowest BCUT2D eigenvalue weighted by Gasteiger charge is -2.13. The van der Waals surface area contributed by atoms with Crippen LogP contribution in [0.15, 0.2) is 23.1 Å². The van der Waals surface area contributed by atoms with Crippen LogP contribution >= 0.6 is 0 Å². The van der Waals surface area contributed by atoms with Gasteiger partial charge in [0.05, 0.1) is 6.61 Å². The van der Waals surface area contributed by atoms with Crippen LogP contribution in [0.3, 0.4) is 0 Å². The molecule has 1 aromatic rings. The Labute approximate surface area is 123 Å². The summed E-state index contributed by atoms with van der Waals surface area (Å²) in [6.07, 6.45) is 2.91. The number of hydrogen-bond donors (Lipinski definition) is 2. The van der Waals surface area contributed by atoms with E-state index in [2.05, 4.69) is 10.0 Å². The van der Waals surface area contributed by atoms with Gasteiger partial charge >= 0.3 is 0 Å². The van der Waals surface area contributed by atoms with E-state index in [0.717, 1.165) is 18.4 Å². The monoisotopic (exact) mass is 314 g/mol. The summed E-state index contributed by atoms with van der Waals surface area (Å²) >= 11 is 0. The number of benzene rings is 1. The Morgan fingerprint density at radius 1 is 1.24 bits per heavy atom. The van der Waals surface area contributed by atoms with Crippen molar-refractivity contribution in [3.05, 3.63) is 29.6 Å². The molecule has 5 nitrogen and oxygen atoms in total. The van der Waals surface area contributed by atoms with Gasteiger partial charge in [-0.3, -0.25) is 0 Å². The fourth-order valence-electron chi connectivity index (χ4n) is 2.32. The second kappa shape index (κ2) is 6.00. The molecule has 21 heavy (non-hydrogen) atoms. The number of rotatable bonds is 6. The molecule has 0 aromatic heterocycles. The van der Waals surface area contributed by atoms with Crippen LogP contribution in [0, 0.1) is 5.82 Å². The number of nitrogens with one attached hydrogen (secondary N) is 2. The highest BCUT2D eigenvalue weighted by atomic mass is 32.2. The Hall–Kier alpha value is -1.02. The van der Waals surface area contributed by atoms with Crippen molar-refractivity contribution in [2.45, 2.75) is 42.8 Å². The van der Waals surface area contributed by atoms with E-state index in [1.807, 2.05) is 0 Å². The summed E-state index contributed by atoms with van der Waals surface area (Å²) in [5.74, 6) is -0.725. The lowest BCUT2D eigenvalue weighted by Crippen LogP contribution is -2.35. The summed E-state index contributed by atoms with van der Waals surface area (Å²) < 4.78 is 46.1. The van der Waals surface area contributed by atoms with Crippen LogP contribution < -0.4 is 10.0 Å². The van der Waals surface area contributed by atoms with Crippen molar-refractivity contribution < 1.29 is 17.5 Å². The molecule has 0 amide bonds. The first-order chi connectivity index (χ1) is 10.0. The predicted molar refractivity (Wildman–Crippen MR) is 75.8 cm³/mol. The number of ether oxygens (including phenoxy) is 1. The molecule has 0 spiro atoms. The minimum absolute atomic E-state index is 0.275. The summed E-state index contributed by atoms with van der Waals surface area (Å²) in [6, 6.07) is 4.47. The second-order valence-electron chi connectivity index (χ2n) is 5.60. The average Bonchev–Trinajstić information content (AvgIpc) is 3.14. The van der Waals surface area contributed by atoms with Gasteiger partial charge in [0.15, 0.2) is 0 Å². The van der Waals surface area contributed by atoms with Gasteiger partial charge in [-0.2, -0.15) is 0 Å². The summed E-state index contributed by atoms with van der Waals surface area (Å²) in [4.78, 5) is -0.288. The smallest absolute Gasteiger partial charge is 0.243 e. The van der Waals surface area contributed by atoms with Crippen molar-refractivity contribution in [1.82, 2.24) is 10.0 Å².